The van der Waals surface area contributed by atoms with Crippen molar-refractivity contribution in [3.8, 4) is 22.4 Å². The molecule has 2 saturated heterocycles. The van der Waals surface area contributed by atoms with Crippen LogP contribution in [0.15, 0.2) is 73.6 Å². The Morgan fingerprint density at radius 2 is 1.78 bits per heavy atom. The van der Waals surface area contributed by atoms with Gasteiger partial charge in [0.25, 0.3) is 5.91 Å². The van der Waals surface area contributed by atoms with Crippen molar-refractivity contribution >= 4 is 94.5 Å². The largest absolute Gasteiger partial charge is 0.464 e. The maximum atomic E-state index is 14.7. The fourth-order valence-electron chi connectivity index (χ4n) is 9.75. The number of nitrogens with zero attached hydrogens (tertiary/aromatic N) is 5. The molecule has 2 fully saturated rings. The number of rotatable bonds is 10. The van der Waals surface area contributed by atoms with Gasteiger partial charge in [-0.05, 0) is 90.6 Å². The molecule has 4 atom stereocenters. The number of pyridine rings is 1. The van der Waals surface area contributed by atoms with Crippen molar-refractivity contribution in [3.63, 3.8) is 0 Å². The molecule has 3 aliphatic heterocycles. The predicted molar refractivity (Wildman–Crippen MR) is 287 cm³/mol. The van der Waals surface area contributed by atoms with E-state index >= 15 is 0 Å². The van der Waals surface area contributed by atoms with E-state index in [0.29, 0.717) is 51.9 Å². The lowest BCUT2D eigenvalue weighted by molar-refractivity contribution is -0.155. The number of nitrogens with one attached hydrogen (secondary N) is 2. The maximum Gasteiger partial charge on any atom is 0.324 e. The number of likely N-dealkylation sites (tertiary alicyclic amines) is 1. The van der Waals surface area contributed by atoms with Crippen molar-refractivity contribution in [2.75, 3.05) is 40.4 Å². The van der Waals surface area contributed by atoms with E-state index in [2.05, 4.69) is 78.0 Å². The fourth-order valence-corrected chi connectivity index (χ4v) is 9.75. The first-order valence-electron chi connectivity index (χ1n) is 22.5. The Morgan fingerprint density at radius 1 is 1.04 bits per heavy atom. The molecule has 0 radical (unpaired) electrons. The molecule has 0 aliphatic carbocycles. The number of likely N-dealkylation sites (N-methyl/N-ethyl adjacent to an activating group) is 1. The zero-order chi connectivity index (χ0) is 45.9. The van der Waals surface area contributed by atoms with Crippen LogP contribution in [0.3, 0.4) is 0 Å². The van der Waals surface area contributed by atoms with E-state index in [-0.39, 0.29) is 91.3 Å². The normalized spacial score (nSPS) is 19.5. The highest BCUT2D eigenvalue weighted by Gasteiger charge is 2.40. The molecule has 372 valence electrons. The predicted octanol–water partition coefficient (Wildman–Crippen LogP) is 6.15. The zero-order valence-corrected chi connectivity index (χ0v) is 44.3. The number of hydrazine groups is 1. The highest BCUT2D eigenvalue weighted by atomic mass is 32.1. The van der Waals surface area contributed by atoms with Crippen LogP contribution >= 0.6 is 54.0 Å². The Hall–Kier alpha value is -4.46. The number of fused-ring (bicyclic) bond motifs is 6. The third-order valence-electron chi connectivity index (χ3n) is 13.0. The number of amides is 4. The maximum absolute atomic E-state index is 14.7. The van der Waals surface area contributed by atoms with Gasteiger partial charge in [0.1, 0.15) is 18.1 Å². The topological polar surface area (TPSA) is 155 Å². The van der Waals surface area contributed by atoms with Gasteiger partial charge in [0.15, 0.2) is 0 Å². The Labute approximate surface area is 429 Å². The van der Waals surface area contributed by atoms with Crippen LogP contribution in [0, 0.1) is 17.3 Å². The summed E-state index contributed by atoms with van der Waals surface area (Å²) in [4.78, 5) is 76.8. The Bertz CT molecular complexity index is 2450. The molecule has 3 aliphatic rings. The molecule has 0 spiro atoms. The smallest absolute Gasteiger partial charge is 0.324 e. The molecule has 2 aromatic heterocycles. The van der Waals surface area contributed by atoms with Gasteiger partial charge in [-0.3, -0.25) is 34.0 Å². The highest BCUT2D eigenvalue weighted by Crippen LogP contribution is 2.41. The third-order valence-corrected chi connectivity index (χ3v) is 13.0. The summed E-state index contributed by atoms with van der Waals surface area (Å²) in [6.45, 7) is 15.9. The molecule has 2 N–H and O–H groups in total. The molecule has 0 saturated carbocycles. The van der Waals surface area contributed by atoms with Gasteiger partial charge in [-0.25, -0.2) is 5.43 Å². The van der Waals surface area contributed by atoms with Crippen molar-refractivity contribution in [1.82, 2.24) is 35.1 Å². The second-order valence-corrected chi connectivity index (χ2v) is 18.6. The first kappa shape index (κ1) is 57.9. The Morgan fingerprint density at radius 3 is 2.47 bits per heavy atom. The van der Waals surface area contributed by atoms with Crippen LogP contribution in [-0.4, -0.2) is 112 Å². The van der Waals surface area contributed by atoms with Gasteiger partial charge < -0.3 is 29.2 Å². The van der Waals surface area contributed by atoms with Gasteiger partial charge in [-0.1, -0.05) is 64.6 Å². The molecule has 18 heteroatoms. The monoisotopic (exact) mass is 1010 g/mol. The number of carbonyl (C=O) groups excluding carboxylic acids is 5. The van der Waals surface area contributed by atoms with Gasteiger partial charge in [0.2, 0.25) is 17.7 Å². The molecule has 4 amide bonds. The first-order valence-corrected chi connectivity index (χ1v) is 22.5. The number of methoxy groups -OCH3 is 1. The lowest BCUT2D eigenvalue weighted by Gasteiger charge is -2.37. The Kier molecular flexibility index (Phi) is 21.2. The standard InChI is InChI=1S/C50H63N7O7.4H2S/c1-9-43(58)55-22-19-35(28-55)47(60)54(7)44(31(3)4)46(59)52-41-24-32-13-11-14-33(23-32)34-16-17-42-37(25-34)38(45(56(42)10-2)39-27-51-20-18-36(39)29-63-8)26-50(5,6)30-64-49(62)40-15-12-21-57(53-40)48(41)61;;;;/h9,11,13-14,16-18,20,23,25,27,31,35,40-41,44,53H,1,10,12,15,19,21-22,24,26,28-30H2,2-8H3,(H,52,59);4*1H2/t35-,40-,41-,44-;;;;/m0..../s1. The van der Waals surface area contributed by atoms with Gasteiger partial charge in [0, 0.05) is 81.0 Å². The fraction of sp³-hybridized carbons (Fsp3) is 0.480. The summed E-state index contributed by atoms with van der Waals surface area (Å²) < 4.78 is 14.1. The average Bonchev–Trinajstić information content (AvgIpc) is 3.90. The summed E-state index contributed by atoms with van der Waals surface area (Å²) in [6, 6.07) is 13.8. The van der Waals surface area contributed by atoms with E-state index in [0.717, 1.165) is 50.0 Å². The van der Waals surface area contributed by atoms with Crippen LogP contribution in [0.2, 0.25) is 0 Å². The molecule has 7 rings (SSSR count). The number of aryl methyl sites for hydroxylation is 1. The van der Waals surface area contributed by atoms with Crippen molar-refractivity contribution in [2.45, 2.75) is 98.0 Å². The van der Waals surface area contributed by atoms with Crippen molar-refractivity contribution < 1.29 is 33.4 Å². The molecule has 4 aromatic rings. The van der Waals surface area contributed by atoms with Gasteiger partial charge >= 0.3 is 5.97 Å². The SMILES string of the molecule is C=CC(=O)N1CC[C@H](C(=O)N(C)[C@H](C(=O)N[C@H]2Cc3cccc(c3)-c3ccc4c(c3)c(c(-c3cnccc3COC)n4CC)CC(C)(C)COC(=O)[C@@H]3CCCN(N3)C2=O)C(C)C)C1.S.S.S.S. The molecule has 5 heterocycles. The molecule has 0 unspecified atom stereocenters. The summed E-state index contributed by atoms with van der Waals surface area (Å²) in [5, 5.41) is 5.57. The molecule has 14 nitrogen and oxygen atoms in total. The minimum Gasteiger partial charge on any atom is -0.464 e. The molecule has 68 heavy (non-hydrogen) atoms. The van der Waals surface area contributed by atoms with E-state index in [4.69, 9.17) is 9.47 Å². The van der Waals surface area contributed by atoms with E-state index in [9.17, 15) is 24.0 Å². The third kappa shape index (κ3) is 12.5. The lowest BCUT2D eigenvalue weighted by Crippen LogP contribution is -2.62. The van der Waals surface area contributed by atoms with E-state index in [1.54, 1.807) is 25.3 Å². The number of ether oxygens (including phenoxy) is 2. The lowest BCUT2D eigenvalue weighted by atomic mass is 9.84. The van der Waals surface area contributed by atoms with Crippen LogP contribution in [-0.2, 0) is 59.4 Å². The second-order valence-electron chi connectivity index (χ2n) is 18.6. The summed E-state index contributed by atoms with van der Waals surface area (Å²) in [5.41, 5.74) is 10.7. The van der Waals surface area contributed by atoms with Crippen LogP contribution in [0.4, 0.5) is 0 Å². The van der Waals surface area contributed by atoms with Crippen LogP contribution in [0.1, 0.15) is 70.6 Å². The molecule has 2 aromatic carbocycles. The summed E-state index contributed by atoms with van der Waals surface area (Å²) in [5.74, 6) is -2.55. The highest BCUT2D eigenvalue weighted by molar-refractivity contribution is 7.59. The number of cyclic esters (lactones) is 1. The van der Waals surface area contributed by atoms with E-state index in [1.165, 1.54) is 16.0 Å². The minimum absolute atomic E-state index is 0. The second kappa shape index (κ2) is 24.9. The van der Waals surface area contributed by atoms with Crippen molar-refractivity contribution in [2.24, 2.45) is 17.3 Å². The van der Waals surface area contributed by atoms with Crippen LogP contribution in [0.25, 0.3) is 33.3 Å². The van der Waals surface area contributed by atoms with E-state index in [1.807, 2.05) is 38.2 Å². The van der Waals surface area contributed by atoms with Crippen LogP contribution < -0.4 is 10.7 Å². The minimum atomic E-state index is -1.05. The summed E-state index contributed by atoms with van der Waals surface area (Å²) in [7, 11) is 3.30. The van der Waals surface area contributed by atoms with Crippen LogP contribution in [0.5, 0.6) is 0 Å². The number of aromatic nitrogens is 2. The first-order chi connectivity index (χ1) is 30.6. The number of carbonyl (C=O) groups is 5. The molecular weight excluding hydrogens is 939 g/mol. The number of hydrogen-bond donors (Lipinski definition) is 2. The number of hydrogen-bond acceptors (Lipinski definition) is 9. The number of benzene rings is 2. The summed E-state index contributed by atoms with van der Waals surface area (Å²) in [6.07, 6.45) is 7.18. The van der Waals surface area contributed by atoms with E-state index < -0.39 is 47.2 Å². The zero-order valence-electron chi connectivity index (χ0n) is 40.3. The quantitative estimate of drug-likeness (QED) is 0.141. The van der Waals surface area contributed by atoms with Gasteiger partial charge in [-0.2, -0.15) is 54.0 Å². The van der Waals surface area contributed by atoms with Crippen molar-refractivity contribution in [1.29, 1.82) is 0 Å². The Balaban J connectivity index is 0.00000306. The summed E-state index contributed by atoms with van der Waals surface area (Å²) >= 11 is 0. The van der Waals surface area contributed by atoms with Crippen molar-refractivity contribution in [3.05, 3.63) is 90.3 Å². The molecule has 6 bridgehead atoms. The van der Waals surface area contributed by atoms with Gasteiger partial charge in [0.05, 0.1) is 24.8 Å². The van der Waals surface area contributed by atoms with Gasteiger partial charge in [-0.15, -0.1) is 0 Å². The number of esters is 1. The molecular formula is C50H71N7O7S4. The average molecular weight is 1010 g/mol.